The largest absolute Gasteiger partial charge is 0.320 e. The maximum Gasteiger partial charge on any atom is 0.102 e. The Kier molecular flexibility index (Phi) is 4.27. The van der Waals surface area contributed by atoms with E-state index in [1.807, 2.05) is 26.1 Å². The summed E-state index contributed by atoms with van der Waals surface area (Å²) in [6.07, 6.45) is 6.14. The van der Waals surface area contributed by atoms with E-state index < -0.39 is 0 Å². The van der Waals surface area contributed by atoms with Crippen LogP contribution in [0.25, 0.3) is 0 Å². The van der Waals surface area contributed by atoms with Crippen molar-refractivity contribution in [3.8, 4) is 0 Å². The summed E-state index contributed by atoms with van der Waals surface area (Å²) in [5.41, 5.74) is 1.31. The molecule has 0 fully saturated rings. The molecule has 0 rings (SSSR count). The molecule has 0 atom stereocenters. The summed E-state index contributed by atoms with van der Waals surface area (Å²) < 4.78 is 0. The summed E-state index contributed by atoms with van der Waals surface area (Å²) in [4.78, 5) is 0. The van der Waals surface area contributed by atoms with Crippen molar-refractivity contribution in [3.63, 3.8) is 0 Å². The smallest absolute Gasteiger partial charge is 0.102 e. The van der Waals surface area contributed by atoms with Crippen LogP contribution in [-0.4, -0.2) is 7.05 Å². The van der Waals surface area contributed by atoms with E-state index in [0.29, 0.717) is 0 Å². The predicted octanol–water partition coefficient (Wildman–Crippen LogP) is 0.660. The highest BCUT2D eigenvalue weighted by Crippen LogP contribution is 1.78. The average Bonchev–Trinajstić information content (AvgIpc) is 1.83. The van der Waals surface area contributed by atoms with Crippen LogP contribution in [0.2, 0.25) is 0 Å². The van der Waals surface area contributed by atoms with Gasteiger partial charge in [0.15, 0.2) is 0 Å². The van der Waals surface area contributed by atoms with Crippen molar-refractivity contribution in [2.24, 2.45) is 0 Å². The monoisotopic (exact) mass is 112 g/mol. The third kappa shape index (κ3) is 3.62. The topological polar surface area (TPSA) is 16.6 Å². The molecule has 0 aliphatic heterocycles. The highest BCUT2D eigenvalue weighted by atomic mass is 14.8. The van der Waals surface area contributed by atoms with Gasteiger partial charge in [0.05, 0.1) is 7.05 Å². The Morgan fingerprint density at radius 3 is 2.50 bits per heavy atom. The van der Waals surface area contributed by atoms with Gasteiger partial charge in [0.2, 0.25) is 0 Å². The Hall–Kier alpha value is -0.560. The van der Waals surface area contributed by atoms with E-state index in [0.717, 1.165) is 0 Å². The molecular weight excluding hydrogens is 98.1 g/mol. The molecule has 0 saturated carbocycles. The van der Waals surface area contributed by atoms with Gasteiger partial charge in [-0.15, -0.1) is 0 Å². The molecule has 8 heavy (non-hydrogen) atoms. The Morgan fingerprint density at radius 1 is 1.50 bits per heavy atom. The summed E-state index contributed by atoms with van der Waals surface area (Å²) in [5, 5.41) is 2.08. The molecule has 0 bridgehead atoms. The lowest BCUT2D eigenvalue weighted by Crippen LogP contribution is -2.76. The molecule has 0 amide bonds. The Labute approximate surface area is 51.1 Å². The van der Waals surface area contributed by atoms with Crippen LogP contribution in [0.4, 0.5) is 0 Å². The van der Waals surface area contributed by atoms with E-state index in [4.69, 9.17) is 0 Å². The van der Waals surface area contributed by atoms with Gasteiger partial charge in [0.1, 0.15) is 5.70 Å². The molecule has 0 saturated heterocycles. The SMILES string of the molecule is C/C=C\C=C(\C)[NH2+]C. The van der Waals surface area contributed by atoms with Gasteiger partial charge in [-0.05, 0) is 13.0 Å². The molecule has 0 aromatic rings. The highest BCUT2D eigenvalue weighted by molar-refractivity contribution is 5.02. The van der Waals surface area contributed by atoms with E-state index in [-0.39, 0.29) is 0 Å². The normalized spacial score (nSPS) is 13.1. The molecule has 0 unspecified atom stereocenters. The summed E-state index contributed by atoms with van der Waals surface area (Å²) in [6, 6.07) is 0. The lowest BCUT2D eigenvalue weighted by molar-refractivity contribution is -0.575. The molecule has 0 aliphatic carbocycles. The molecule has 0 heterocycles. The highest BCUT2D eigenvalue weighted by Gasteiger charge is 1.78. The van der Waals surface area contributed by atoms with Crippen LogP contribution in [0.3, 0.4) is 0 Å². The minimum Gasteiger partial charge on any atom is -0.320 e. The fraction of sp³-hybridized carbons (Fsp3) is 0.429. The molecule has 0 aromatic heterocycles. The first-order valence-corrected chi connectivity index (χ1v) is 2.90. The van der Waals surface area contributed by atoms with Crippen molar-refractivity contribution in [3.05, 3.63) is 23.9 Å². The molecule has 0 aliphatic rings. The second-order valence-electron chi connectivity index (χ2n) is 1.73. The maximum atomic E-state index is 2.08. The van der Waals surface area contributed by atoms with Gasteiger partial charge < -0.3 is 5.32 Å². The zero-order chi connectivity index (χ0) is 6.41. The Morgan fingerprint density at radius 2 is 2.12 bits per heavy atom. The van der Waals surface area contributed by atoms with Crippen LogP contribution in [-0.2, 0) is 0 Å². The van der Waals surface area contributed by atoms with Gasteiger partial charge in [-0.1, -0.05) is 12.2 Å². The Bertz CT molecular complexity index is 101. The first-order chi connectivity index (χ1) is 3.81. The van der Waals surface area contributed by atoms with Crippen molar-refractivity contribution >= 4 is 0 Å². The zero-order valence-electron chi connectivity index (χ0n) is 5.81. The van der Waals surface area contributed by atoms with Gasteiger partial charge in [0, 0.05) is 6.92 Å². The van der Waals surface area contributed by atoms with Gasteiger partial charge in [-0.2, -0.15) is 0 Å². The lowest BCUT2D eigenvalue weighted by atomic mass is 10.4. The minimum absolute atomic E-state index is 1.31. The number of nitrogens with two attached hydrogens (primary N) is 1. The molecule has 0 radical (unpaired) electrons. The summed E-state index contributed by atoms with van der Waals surface area (Å²) >= 11 is 0. The summed E-state index contributed by atoms with van der Waals surface area (Å²) in [7, 11) is 2.04. The third-order valence-electron chi connectivity index (χ3n) is 1.01. The predicted molar refractivity (Wildman–Crippen MR) is 36.4 cm³/mol. The molecule has 0 aromatic carbocycles. The average molecular weight is 112 g/mol. The van der Waals surface area contributed by atoms with Crippen molar-refractivity contribution in [2.75, 3.05) is 7.05 Å². The maximum absolute atomic E-state index is 2.08. The minimum atomic E-state index is 1.31. The second kappa shape index (κ2) is 4.60. The number of allylic oxidation sites excluding steroid dienone is 4. The number of hydrogen-bond donors (Lipinski definition) is 1. The van der Waals surface area contributed by atoms with Crippen LogP contribution in [0.5, 0.6) is 0 Å². The fourth-order valence-electron chi connectivity index (χ4n) is 0.344. The standard InChI is InChI=1S/C7H13N/c1-4-5-6-7(2)8-3/h4-6,8H,1-3H3/p+1/b5-4-,7-6-. The van der Waals surface area contributed by atoms with Crippen LogP contribution in [0.15, 0.2) is 23.9 Å². The summed E-state index contributed by atoms with van der Waals surface area (Å²) in [6.45, 7) is 4.10. The van der Waals surface area contributed by atoms with E-state index >= 15 is 0 Å². The van der Waals surface area contributed by atoms with Gasteiger partial charge >= 0.3 is 0 Å². The van der Waals surface area contributed by atoms with Crippen molar-refractivity contribution in [2.45, 2.75) is 13.8 Å². The molecule has 46 valence electrons. The number of quaternary nitrogens is 1. The van der Waals surface area contributed by atoms with Crippen LogP contribution < -0.4 is 5.32 Å². The molecule has 1 nitrogen and oxygen atoms in total. The van der Waals surface area contributed by atoms with E-state index in [9.17, 15) is 0 Å². The second-order valence-corrected chi connectivity index (χ2v) is 1.73. The zero-order valence-corrected chi connectivity index (χ0v) is 5.81. The Balaban J connectivity index is 3.57. The van der Waals surface area contributed by atoms with Gasteiger partial charge in [-0.3, -0.25) is 0 Å². The van der Waals surface area contributed by atoms with Crippen LogP contribution in [0.1, 0.15) is 13.8 Å². The van der Waals surface area contributed by atoms with Crippen molar-refractivity contribution < 1.29 is 5.32 Å². The fourth-order valence-corrected chi connectivity index (χ4v) is 0.344. The van der Waals surface area contributed by atoms with Crippen molar-refractivity contribution in [1.82, 2.24) is 0 Å². The van der Waals surface area contributed by atoms with Crippen molar-refractivity contribution in [1.29, 1.82) is 0 Å². The molecule has 0 spiro atoms. The first kappa shape index (κ1) is 7.44. The van der Waals surface area contributed by atoms with E-state index in [1.165, 1.54) is 5.70 Å². The van der Waals surface area contributed by atoms with Gasteiger partial charge in [-0.25, -0.2) is 0 Å². The van der Waals surface area contributed by atoms with Gasteiger partial charge in [0.25, 0.3) is 0 Å². The lowest BCUT2D eigenvalue weighted by Gasteiger charge is -1.86. The van der Waals surface area contributed by atoms with E-state index in [1.54, 1.807) is 0 Å². The third-order valence-corrected chi connectivity index (χ3v) is 1.01. The molecule has 2 N–H and O–H groups in total. The quantitative estimate of drug-likeness (QED) is 0.505. The van der Waals surface area contributed by atoms with Crippen LogP contribution >= 0.6 is 0 Å². The van der Waals surface area contributed by atoms with Crippen LogP contribution in [0, 0.1) is 0 Å². The summed E-state index contributed by atoms with van der Waals surface area (Å²) in [5.74, 6) is 0. The molecular formula is C7H14N+. The van der Waals surface area contributed by atoms with E-state index in [2.05, 4.69) is 18.3 Å². The first-order valence-electron chi connectivity index (χ1n) is 2.90. The number of rotatable bonds is 2. The number of hydrogen-bond acceptors (Lipinski definition) is 0. The molecule has 1 heteroatoms.